The van der Waals surface area contributed by atoms with Crippen LogP contribution in [0.4, 0.5) is 4.79 Å². The number of likely N-dealkylation sites (tertiary alicyclic amines) is 1. The van der Waals surface area contributed by atoms with Crippen LogP contribution in [0.15, 0.2) is 24.5 Å². The van der Waals surface area contributed by atoms with E-state index in [4.69, 9.17) is 9.47 Å². The van der Waals surface area contributed by atoms with E-state index in [0.717, 1.165) is 18.7 Å². The van der Waals surface area contributed by atoms with Crippen LogP contribution in [-0.4, -0.2) is 41.3 Å². The summed E-state index contributed by atoms with van der Waals surface area (Å²) in [5.74, 6) is 1.17. The summed E-state index contributed by atoms with van der Waals surface area (Å²) in [4.78, 5) is 17.6. The predicted octanol–water partition coefficient (Wildman–Crippen LogP) is 2.72. The minimum Gasteiger partial charge on any atom is -0.493 e. The van der Waals surface area contributed by atoms with Crippen LogP contribution in [0.5, 0.6) is 5.75 Å². The van der Waals surface area contributed by atoms with Crippen molar-refractivity contribution in [3.8, 4) is 5.75 Å². The molecule has 2 rings (SSSR count). The van der Waals surface area contributed by atoms with Gasteiger partial charge in [0, 0.05) is 31.4 Å². The van der Waals surface area contributed by atoms with Crippen LogP contribution in [-0.2, 0) is 4.74 Å². The van der Waals surface area contributed by atoms with Crippen molar-refractivity contribution in [3.63, 3.8) is 0 Å². The molecule has 1 atom stereocenters. The van der Waals surface area contributed by atoms with Crippen molar-refractivity contribution in [3.05, 3.63) is 24.5 Å². The number of hydrogen-bond donors (Lipinski definition) is 0. The Morgan fingerprint density at radius 1 is 1.40 bits per heavy atom. The van der Waals surface area contributed by atoms with Crippen LogP contribution in [0.2, 0.25) is 0 Å². The molecule has 0 aromatic carbocycles. The van der Waals surface area contributed by atoms with Crippen molar-refractivity contribution in [2.45, 2.75) is 32.8 Å². The molecule has 5 heteroatoms. The first-order valence-corrected chi connectivity index (χ1v) is 6.95. The summed E-state index contributed by atoms with van der Waals surface area (Å²) in [6, 6.07) is 3.67. The normalized spacial score (nSPS) is 18.9. The quantitative estimate of drug-likeness (QED) is 0.853. The maximum atomic E-state index is 11.9. The van der Waals surface area contributed by atoms with Crippen molar-refractivity contribution >= 4 is 6.09 Å². The Balaban J connectivity index is 1.76. The summed E-state index contributed by atoms with van der Waals surface area (Å²) in [5.41, 5.74) is -0.442. The molecule has 1 aliphatic rings. The smallest absolute Gasteiger partial charge is 0.410 e. The Kier molecular flexibility index (Phi) is 4.47. The molecular weight excluding hydrogens is 256 g/mol. The number of pyridine rings is 1. The van der Waals surface area contributed by atoms with E-state index < -0.39 is 5.60 Å². The second-order valence-electron chi connectivity index (χ2n) is 6.07. The van der Waals surface area contributed by atoms with Gasteiger partial charge in [0.05, 0.1) is 6.61 Å². The largest absolute Gasteiger partial charge is 0.493 e. The second-order valence-corrected chi connectivity index (χ2v) is 6.07. The number of amides is 1. The number of ether oxygens (including phenoxy) is 2. The van der Waals surface area contributed by atoms with Gasteiger partial charge in [0.25, 0.3) is 0 Å². The lowest BCUT2D eigenvalue weighted by Gasteiger charge is -2.24. The Morgan fingerprint density at radius 2 is 2.10 bits per heavy atom. The van der Waals surface area contributed by atoms with Crippen LogP contribution < -0.4 is 4.74 Å². The highest BCUT2D eigenvalue weighted by atomic mass is 16.6. The second kappa shape index (κ2) is 6.11. The third-order valence-corrected chi connectivity index (χ3v) is 3.07. The third-order valence-electron chi connectivity index (χ3n) is 3.07. The van der Waals surface area contributed by atoms with Gasteiger partial charge in [-0.05, 0) is 39.3 Å². The predicted molar refractivity (Wildman–Crippen MR) is 75.6 cm³/mol. The molecule has 1 aromatic rings. The zero-order valence-electron chi connectivity index (χ0n) is 12.3. The van der Waals surface area contributed by atoms with Gasteiger partial charge in [0.1, 0.15) is 11.4 Å². The van der Waals surface area contributed by atoms with Gasteiger partial charge in [-0.3, -0.25) is 4.98 Å². The molecule has 5 nitrogen and oxygen atoms in total. The topological polar surface area (TPSA) is 51.7 Å². The van der Waals surface area contributed by atoms with Crippen LogP contribution >= 0.6 is 0 Å². The van der Waals surface area contributed by atoms with Crippen molar-refractivity contribution < 1.29 is 14.3 Å². The highest BCUT2D eigenvalue weighted by Crippen LogP contribution is 2.20. The van der Waals surface area contributed by atoms with Gasteiger partial charge in [-0.25, -0.2) is 4.79 Å². The Labute approximate surface area is 119 Å². The molecule has 0 unspecified atom stereocenters. The molecule has 0 spiro atoms. The van der Waals surface area contributed by atoms with Gasteiger partial charge in [-0.2, -0.15) is 0 Å². The molecule has 0 aliphatic carbocycles. The zero-order chi connectivity index (χ0) is 14.6. The van der Waals surface area contributed by atoms with Gasteiger partial charge < -0.3 is 14.4 Å². The fraction of sp³-hybridized carbons (Fsp3) is 0.600. The lowest BCUT2D eigenvalue weighted by atomic mass is 10.1. The average molecular weight is 278 g/mol. The first kappa shape index (κ1) is 14.6. The Hall–Kier alpha value is -1.78. The van der Waals surface area contributed by atoms with E-state index in [2.05, 4.69) is 4.98 Å². The monoisotopic (exact) mass is 278 g/mol. The van der Waals surface area contributed by atoms with Crippen LogP contribution in [0.25, 0.3) is 0 Å². The number of carbonyl (C=O) groups excluding carboxylic acids is 1. The summed E-state index contributed by atoms with van der Waals surface area (Å²) in [7, 11) is 0. The molecule has 0 radical (unpaired) electrons. The molecule has 1 aliphatic heterocycles. The molecule has 0 N–H and O–H groups in total. The molecule has 110 valence electrons. The first-order chi connectivity index (χ1) is 9.44. The van der Waals surface area contributed by atoms with E-state index in [1.165, 1.54) is 0 Å². The number of nitrogens with zero attached hydrogens (tertiary/aromatic N) is 2. The van der Waals surface area contributed by atoms with E-state index in [-0.39, 0.29) is 6.09 Å². The Bertz CT molecular complexity index is 442. The number of aromatic nitrogens is 1. The van der Waals surface area contributed by atoms with Gasteiger partial charge >= 0.3 is 6.09 Å². The molecule has 1 fully saturated rings. The SMILES string of the molecule is CC(C)(C)OC(=O)N1CC[C@@H](COc2ccncc2)C1. The van der Waals surface area contributed by atoms with Gasteiger partial charge in [-0.1, -0.05) is 0 Å². The Morgan fingerprint density at radius 3 is 2.75 bits per heavy atom. The van der Waals surface area contributed by atoms with Crippen molar-refractivity contribution in [2.75, 3.05) is 19.7 Å². The highest BCUT2D eigenvalue weighted by Gasteiger charge is 2.29. The summed E-state index contributed by atoms with van der Waals surface area (Å²) in [6.07, 6.45) is 4.13. The zero-order valence-corrected chi connectivity index (χ0v) is 12.3. The van der Waals surface area contributed by atoms with E-state index in [9.17, 15) is 4.79 Å². The van der Waals surface area contributed by atoms with E-state index in [0.29, 0.717) is 19.1 Å². The van der Waals surface area contributed by atoms with Gasteiger partial charge in [0.15, 0.2) is 0 Å². The lowest BCUT2D eigenvalue weighted by Crippen LogP contribution is -2.35. The van der Waals surface area contributed by atoms with Crippen LogP contribution in [0.1, 0.15) is 27.2 Å². The summed E-state index contributed by atoms with van der Waals surface area (Å²) < 4.78 is 11.1. The minimum absolute atomic E-state index is 0.232. The fourth-order valence-corrected chi connectivity index (χ4v) is 2.11. The molecular formula is C15H22N2O3. The number of hydrogen-bond acceptors (Lipinski definition) is 4. The van der Waals surface area contributed by atoms with Gasteiger partial charge in [-0.15, -0.1) is 0 Å². The van der Waals surface area contributed by atoms with E-state index in [1.807, 2.05) is 32.9 Å². The summed E-state index contributed by atoms with van der Waals surface area (Å²) in [5, 5.41) is 0. The fourth-order valence-electron chi connectivity index (χ4n) is 2.11. The van der Waals surface area contributed by atoms with Crippen molar-refractivity contribution in [1.29, 1.82) is 0 Å². The van der Waals surface area contributed by atoms with Crippen molar-refractivity contribution in [1.82, 2.24) is 9.88 Å². The number of rotatable bonds is 3. The average Bonchev–Trinajstić information content (AvgIpc) is 2.84. The first-order valence-electron chi connectivity index (χ1n) is 6.95. The minimum atomic E-state index is -0.442. The molecule has 2 heterocycles. The molecule has 1 amide bonds. The summed E-state index contributed by atoms with van der Waals surface area (Å²) >= 11 is 0. The maximum absolute atomic E-state index is 11.9. The van der Waals surface area contributed by atoms with E-state index in [1.54, 1.807) is 17.3 Å². The van der Waals surface area contributed by atoms with E-state index >= 15 is 0 Å². The molecule has 20 heavy (non-hydrogen) atoms. The van der Waals surface area contributed by atoms with Crippen LogP contribution in [0.3, 0.4) is 0 Å². The van der Waals surface area contributed by atoms with Gasteiger partial charge in [0.2, 0.25) is 0 Å². The summed E-state index contributed by atoms with van der Waals surface area (Å²) in [6.45, 7) is 7.68. The number of carbonyl (C=O) groups is 1. The molecule has 1 saturated heterocycles. The molecule has 1 aromatic heterocycles. The standard InChI is InChI=1S/C15H22N2O3/c1-15(2,3)20-14(18)17-9-6-12(10-17)11-19-13-4-7-16-8-5-13/h4-5,7-8,12H,6,9-11H2,1-3H3/t12-/m1/s1. The lowest BCUT2D eigenvalue weighted by molar-refractivity contribution is 0.0285. The maximum Gasteiger partial charge on any atom is 0.410 e. The van der Waals surface area contributed by atoms with Crippen LogP contribution in [0, 0.1) is 5.92 Å². The molecule has 0 saturated carbocycles. The van der Waals surface area contributed by atoms with Crippen molar-refractivity contribution in [2.24, 2.45) is 5.92 Å². The molecule has 0 bridgehead atoms. The third kappa shape index (κ3) is 4.40. The highest BCUT2D eigenvalue weighted by molar-refractivity contribution is 5.68.